The van der Waals surface area contributed by atoms with E-state index in [0.29, 0.717) is 18.6 Å². The van der Waals surface area contributed by atoms with Crippen LogP contribution in [0, 0.1) is 0 Å². The molecule has 1 rings (SSSR count). The minimum atomic E-state index is 0.402. The first-order valence-electron chi connectivity index (χ1n) is 5.78. The molecule has 0 aliphatic rings. The molecule has 0 unspecified atom stereocenters. The number of benzene rings is 1. The number of rotatable bonds is 6. The van der Waals surface area contributed by atoms with Crippen molar-refractivity contribution in [2.45, 2.75) is 32.6 Å². The standard InChI is InChI=1S/C15H20O/c1-4-7-12-10-13(8-5-2)15(16)14(11-12)9-6-3/h5-6,10-11,16H,2-4,7-9H2,1H3. The van der Waals surface area contributed by atoms with Gasteiger partial charge in [-0.25, -0.2) is 0 Å². The zero-order valence-electron chi connectivity index (χ0n) is 10.00. The molecule has 0 fully saturated rings. The molecule has 0 aromatic heterocycles. The highest BCUT2D eigenvalue weighted by molar-refractivity contribution is 5.45. The van der Waals surface area contributed by atoms with E-state index in [9.17, 15) is 5.11 Å². The summed E-state index contributed by atoms with van der Waals surface area (Å²) in [5.41, 5.74) is 3.23. The lowest BCUT2D eigenvalue weighted by atomic mass is 9.97. The molecule has 1 N–H and O–H groups in total. The van der Waals surface area contributed by atoms with E-state index in [-0.39, 0.29) is 0 Å². The van der Waals surface area contributed by atoms with E-state index in [1.54, 1.807) is 0 Å². The third-order valence-electron chi connectivity index (χ3n) is 2.59. The van der Waals surface area contributed by atoms with Gasteiger partial charge in [-0.3, -0.25) is 0 Å². The Morgan fingerprint density at radius 3 is 2.00 bits per heavy atom. The van der Waals surface area contributed by atoms with Gasteiger partial charge in [0.25, 0.3) is 0 Å². The van der Waals surface area contributed by atoms with Crippen molar-refractivity contribution >= 4 is 0 Å². The summed E-state index contributed by atoms with van der Waals surface area (Å²) >= 11 is 0. The van der Waals surface area contributed by atoms with Gasteiger partial charge in [0.2, 0.25) is 0 Å². The zero-order valence-corrected chi connectivity index (χ0v) is 10.00. The number of hydrogen-bond donors (Lipinski definition) is 1. The van der Waals surface area contributed by atoms with Crippen LogP contribution < -0.4 is 0 Å². The first-order valence-corrected chi connectivity index (χ1v) is 5.78. The van der Waals surface area contributed by atoms with Crippen molar-refractivity contribution in [2.75, 3.05) is 0 Å². The summed E-state index contributed by atoms with van der Waals surface area (Å²) in [4.78, 5) is 0. The van der Waals surface area contributed by atoms with Gasteiger partial charge in [0.1, 0.15) is 5.75 Å². The van der Waals surface area contributed by atoms with Crippen LogP contribution in [0.15, 0.2) is 37.4 Å². The summed E-state index contributed by atoms with van der Waals surface area (Å²) < 4.78 is 0. The average molecular weight is 216 g/mol. The second-order valence-electron chi connectivity index (χ2n) is 4.00. The molecule has 1 aromatic rings. The molecule has 0 spiro atoms. The highest BCUT2D eigenvalue weighted by Crippen LogP contribution is 2.26. The fourth-order valence-electron chi connectivity index (χ4n) is 1.89. The first-order chi connectivity index (χ1) is 7.72. The highest BCUT2D eigenvalue weighted by Gasteiger charge is 2.07. The zero-order chi connectivity index (χ0) is 12.0. The lowest BCUT2D eigenvalue weighted by molar-refractivity contribution is 0.463. The molecule has 0 heterocycles. The largest absolute Gasteiger partial charge is 0.507 e. The molecule has 16 heavy (non-hydrogen) atoms. The first kappa shape index (κ1) is 12.6. The van der Waals surface area contributed by atoms with Gasteiger partial charge < -0.3 is 5.11 Å². The molecule has 0 amide bonds. The third-order valence-corrected chi connectivity index (χ3v) is 2.59. The average Bonchev–Trinajstić information content (AvgIpc) is 2.26. The van der Waals surface area contributed by atoms with E-state index in [1.807, 2.05) is 12.2 Å². The fraction of sp³-hybridized carbons (Fsp3) is 0.333. The molecular weight excluding hydrogens is 196 g/mol. The van der Waals surface area contributed by atoms with Gasteiger partial charge in [-0.2, -0.15) is 0 Å². The van der Waals surface area contributed by atoms with Crippen molar-refractivity contribution in [2.24, 2.45) is 0 Å². The van der Waals surface area contributed by atoms with E-state index >= 15 is 0 Å². The summed E-state index contributed by atoms with van der Waals surface area (Å²) in [7, 11) is 0. The summed E-state index contributed by atoms with van der Waals surface area (Å²) in [5.74, 6) is 0.402. The van der Waals surface area contributed by atoms with Crippen LogP contribution in [-0.2, 0) is 19.3 Å². The Morgan fingerprint density at radius 2 is 1.62 bits per heavy atom. The number of aryl methyl sites for hydroxylation is 1. The van der Waals surface area contributed by atoms with Crippen molar-refractivity contribution in [3.63, 3.8) is 0 Å². The Hall–Kier alpha value is -1.50. The number of allylic oxidation sites excluding steroid dienone is 2. The maximum atomic E-state index is 10.0. The SMILES string of the molecule is C=CCc1cc(CCC)cc(CC=C)c1O. The van der Waals surface area contributed by atoms with Crippen LogP contribution in [-0.4, -0.2) is 5.11 Å². The highest BCUT2D eigenvalue weighted by atomic mass is 16.3. The molecule has 1 aromatic carbocycles. The number of aromatic hydroxyl groups is 1. The van der Waals surface area contributed by atoms with Gasteiger partial charge in [-0.1, -0.05) is 37.6 Å². The summed E-state index contributed by atoms with van der Waals surface area (Å²) in [5, 5.41) is 10.0. The Morgan fingerprint density at radius 1 is 1.12 bits per heavy atom. The monoisotopic (exact) mass is 216 g/mol. The van der Waals surface area contributed by atoms with E-state index in [0.717, 1.165) is 24.0 Å². The Kier molecular flexibility index (Phi) is 4.84. The van der Waals surface area contributed by atoms with Gasteiger partial charge in [-0.05, 0) is 36.0 Å². The smallest absolute Gasteiger partial charge is 0.122 e. The number of phenolic OH excluding ortho intramolecular Hbond substituents is 1. The fourth-order valence-corrected chi connectivity index (χ4v) is 1.89. The quantitative estimate of drug-likeness (QED) is 0.717. The third kappa shape index (κ3) is 2.99. The van der Waals surface area contributed by atoms with Gasteiger partial charge in [-0.15, -0.1) is 13.2 Å². The van der Waals surface area contributed by atoms with Crippen LogP contribution in [0.5, 0.6) is 5.75 Å². The molecule has 86 valence electrons. The molecular formula is C15H20O. The van der Waals surface area contributed by atoms with E-state index in [2.05, 4.69) is 32.2 Å². The normalized spacial score (nSPS) is 10.1. The molecule has 1 nitrogen and oxygen atoms in total. The number of hydrogen-bond acceptors (Lipinski definition) is 1. The van der Waals surface area contributed by atoms with Crippen molar-refractivity contribution in [1.82, 2.24) is 0 Å². The summed E-state index contributed by atoms with van der Waals surface area (Å²) in [6.07, 6.45) is 7.24. The van der Waals surface area contributed by atoms with Crippen LogP contribution in [0.2, 0.25) is 0 Å². The maximum Gasteiger partial charge on any atom is 0.122 e. The molecule has 0 aliphatic heterocycles. The van der Waals surface area contributed by atoms with Crippen LogP contribution in [0.3, 0.4) is 0 Å². The number of phenols is 1. The summed E-state index contributed by atoms with van der Waals surface area (Å²) in [6, 6.07) is 4.15. The van der Waals surface area contributed by atoms with Crippen molar-refractivity contribution in [1.29, 1.82) is 0 Å². The van der Waals surface area contributed by atoms with Crippen molar-refractivity contribution in [3.8, 4) is 5.75 Å². The Balaban J connectivity index is 3.14. The second kappa shape index (κ2) is 6.16. The molecule has 0 radical (unpaired) electrons. The van der Waals surface area contributed by atoms with Crippen molar-refractivity contribution in [3.05, 3.63) is 54.1 Å². The molecule has 0 aliphatic carbocycles. The van der Waals surface area contributed by atoms with Crippen LogP contribution >= 0.6 is 0 Å². The molecule has 0 saturated heterocycles. The molecule has 0 atom stereocenters. The predicted octanol–water partition coefficient (Wildman–Crippen LogP) is 3.80. The van der Waals surface area contributed by atoms with E-state index < -0.39 is 0 Å². The molecule has 1 heteroatoms. The van der Waals surface area contributed by atoms with Crippen LogP contribution in [0.25, 0.3) is 0 Å². The summed E-state index contributed by atoms with van der Waals surface area (Å²) in [6.45, 7) is 9.59. The van der Waals surface area contributed by atoms with E-state index in [1.165, 1.54) is 5.56 Å². The Bertz CT molecular complexity index is 346. The second-order valence-corrected chi connectivity index (χ2v) is 4.00. The lowest BCUT2D eigenvalue weighted by Crippen LogP contribution is -1.94. The van der Waals surface area contributed by atoms with Gasteiger partial charge >= 0.3 is 0 Å². The van der Waals surface area contributed by atoms with Gasteiger partial charge in [0.15, 0.2) is 0 Å². The Labute approximate surface area is 98.1 Å². The van der Waals surface area contributed by atoms with E-state index in [4.69, 9.17) is 0 Å². The molecule has 0 saturated carbocycles. The van der Waals surface area contributed by atoms with Gasteiger partial charge in [0.05, 0.1) is 0 Å². The minimum absolute atomic E-state index is 0.402. The predicted molar refractivity (Wildman–Crippen MR) is 69.9 cm³/mol. The van der Waals surface area contributed by atoms with Crippen LogP contribution in [0.1, 0.15) is 30.0 Å². The van der Waals surface area contributed by atoms with Gasteiger partial charge in [0, 0.05) is 0 Å². The molecule has 0 bridgehead atoms. The minimum Gasteiger partial charge on any atom is -0.507 e. The topological polar surface area (TPSA) is 20.2 Å². The maximum absolute atomic E-state index is 10.0. The van der Waals surface area contributed by atoms with Crippen LogP contribution in [0.4, 0.5) is 0 Å². The van der Waals surface area contributed by atoms with Crippen molar-refractivity contribution < 1.29 is 5.11 Å². The lowest BCUT2D eigenvalue weighted by Gasteiger charge is -2.10.